The SMILES string of the molecule is CCCCCCn1nnnc1-c1cccc(N)c1OCC. The molecular formula is C15H23N5O. The Hall–Kier alpha value is -2.11. The number of rotatable bonds is 8. The molecule has 1 heterocycles. The Labute approximate surface area is 125 Å². The number of benzene rings is 1. The first-order valence-electron chi connectivity index (χ1n) is 7.55. The molecule has 0 spiro atoms. The molecule has 6 heteroatoms. The molecule has 21 heavy (non-hydrogen) atoms. The molecule has 2 N–H and O–H groups in total. The zero-order chi connectivity index (χ0) is 15.1. The normalized spacial score (nSPS) is 10.8. The number of ether oxygens (including phenoxy) is 1. The number of anilines is 1. The molecule has 1 aromatic heterocycles. The molecule has 0 radical (unpaired) electrons. The first-order chi connectivity index (χ1) is 10.3. The fraction of sp³-hybridized carbons (Fsp3) is 0.533. The van der Waals surface area contributed by atoms with Crippen molar-refractivity contribution in [2.75, 3.05) is 12.3 Å². The maximum atomic E-state index is 6.00. The molecule has 1 aromatic carbocycles. The van der Waals surface area contributed by atoms with Gasteiger partial charge in [0.25, 0.3) is 0 Å². The van der Waals surface area contributed by atoms with Crippen LogP contribution in [0.2, 0.25) is 0 Å². The van der Waals surface area contributed by atoms with Gasteiger partial charge in [0.15, 0.2) is 11.6 Å². The summed E-state index contributed by atoms with van der Waals surface area (Å²) in [4.78, 5) is 0. The van der Waals surface area contributed by atoms with Crippen molar-refractivity contribution in [1.29, 1.82) is 0 Å². The second kappa shape index (κ2) is 7.61. The molecule has 0 saturated carbocycles. The van der Waals surface area contributed by atoms with E-state index >= 15 is 0 Å². The molecule has 2 rings (SSSR count). The van der Waals surface area contributed by atoms with Crippen molar-refractivity contribution >= 4 is 5.69 Å². The van der Waals surface area contributed by atoms with Crippen molar-refractivity contribution in [3.8, 4) is 17.1 Å². The third-order valence-corrected chi connectivity index (χ3v) is 3.33. The summed E-state index contributed by atoms with van der Waals surface area (Å²) < 4.78 is 7.48. The third kappa shape index (κ3) is 3.71. The first kappa shape index (κ1) is 15.3. The summed E-state index contributed by atoms with van der Waals surface area (Å²) in [5.41, 5.74) is 7.45. The molecule has 0 saturated heterocycles. The molecule has 0 aliphatic heterocycles. The van der Waals surface area contributed by atoms with E-state index in [2.05, 4.69) is 22.4 Å². The number of nitrogen functional groups attached to an aromatic ring is 1. The standard InChI is InChI=1S/C15H23N5O/c1-3-5-6-7-11-20-15(17-18-19-20)12-9-8-10-13(16)14(12)21-4-2/h8-10H,3-7,11,16H2,1-2H3. The van der Waals surface area contributed by atoms with Gasteiger partial charge in [0.2, 0.25) is 0 Å². The van der Waals surface area contributed by atoms with Gasteiger partial charge in [-0.3, -0.25) is 0 Å². The minimum absolute atomic E-state index is 0.555. The number of unbranched alkanes of at least 4 members (excludes halogenated alkanes) is 3. The fourth-order valence-electron chi connectivity index (χ4n) is 2.27. The van der Waals surface area contributed by atoms with Gasteiger partial charge >= 0.3 is 0 Å². The van der Waals surface area contributed by atoms with E-state index in [1.165, 1.54) is 19.3 Å². The van der Waals surface area contributed by atoms with Crippen LogP contribution < -0.4 is 10.5 Å². The number of nitrogens with two attached hydrogens (primary N) is 1. The summed E-state index contributed by atoms with van der Waals surface area (Å²) in [6, 6.07) is 5.66. The third-order valence-electron chi connectivity index (χ3n) is 3.33. The number of aromatic nitrogens is 4. The molecule has 0 aliphatic carbocycles. The van der Waals surface area contributed by atoms with E-state index < -0.39 is 0 Å². The van der Waals surface area contributed by atoms with Gasteiger partial charge in [-0.1, -0.05) is 32.3 Å². The van der Waals surface area contributed by atoms with Crippen LogP contribution in [-0.2, 0) is 6.54 Å². The van der Waals surface area contributed by atoms with Gasteiger partial charge in [0.1, 0.15) is 0 Å². The second-order valence-electron chi connectivity index (χ2n) is 4.94. The minimum atomic E-state index is 0.555. The van der Waals surface area contributed by atoms with E-state index in [0.717, 1.165) is 18.5 Å². The van der Waals surface area contributed by atoms with Crippen LogP contribution in [0, 0.1) is 0 Å². The Bertz CT molecular complexity index is 567. The molecular weight excluding hydrogens is 266 g/mol. The Morgan fingerprint density at radius 2 is 2.05 bits per heavy atom. The van der Waals surface area contributed by atoms with Crippen LogP contribution >= 0.6 is 0 Å². The van der Waals surface area contributed by atoms with E-state index in [4.69, 9.17) is 10.5 Å². The van der Waals surface area contributed by atoms with Crippen molar-refractivity contribution < 1.29 is 4.74 Å². The topological polar surface area (TPSA) is 78.9 Å². The Balaban J connectivity index is 2.22. The van der Waals surface area contributed by atoms with Gasteiger partial charge < -0.3 is 10.5 Å². The summed E-state index contributed by atoms with van der Waals surface area (Å²) in [6.07, 6.45) is 4.70. The minimum Gasteiger partial charge on any atom is -0.491 e. The highest BCUT2D eigenvalue weighted by Gasteiger charge is 2.15. The number of nitrogens with zero attached hydrogens (tertiary/aromatic N) is 4. The largest absolute Gasteiger partial charge is 0.491 e. The van der Waals surface area contributed by atoms with Crippen LogP contribution in [0.1, 0.15) is 39.5 Å². The summed E-state index contributed by atoms with van der Waals surface area (Å²) >= 11 is 0. The summed E-state index contributed by atoms with van der Waals surface area (Å²) in [5.74, 6) is 1.37. The lowest BCUT2D eigenvalue weighted by Gasteiger charge is -2.12. The highest BCUT2D eigenvalue weighted by Crippen LogP contribution is 2.33. The molecule has 6 nitrogen and oxygen atoms in total. The van der Waals surface area contributed by atoms with Crippen LogP contribution in [0.25, 0.3) is 11.4 Å². The lowest BCUT2D eigenvalue weighted by atomic mass is 10.1. The van der Waals surface area contributed by atoms with Crippen LogP contribution in [0.5, 0.6) is 5.75 Å². The highest BCUT2D eigenvalue weighted by molar-refractivity contribution is 5.73. The smallest absolute Gasteiger partial charge is 0.185 e. The molecule has 0 aliphatic rings. The van der Waals surface area contributed by atoms with E-state index in [-0.39, 0.29) is 0 Å². The molecule has 0 atom stereocenters. The maximum absolute atomic E-state index is 6.00. The van der Waals surface area contributed by atoms with Crippen molar-refractivity contribution in [2.24, 2.45) is 0 Å². The predicted octanol–water partition coefficient (Wildman–Crippen LogP) is 2.90. The maximum Gasteiger partial charge on any atom is 0.185 e. The Morgan fingerprint density at radius 1 is 1.19 bits per heavy atom. The van der Waals surface area contributed by atoms with E-state index in [1.807, 2.05) is 29.8 Å². The molecule has 2 aromatic rings. The van der Waals surface area contributed by atoms with Gasteiger partial charge in [-0.15, -0.1) is 5.10 Å². The highest BCUT2D eigenvalue weighted by atomic mass is 16.5. The van der Waals surface area contributed by atoms with Crippen LogP contribution in [0.15, 0.2) is 18.2 Å². The zero-order valence-corrected chi connectivity index (χ0v) is 12.7. The molecule has 114 valence electrons. The molecule has 0 unspecified atom stereocenters. The number of hydrogen-bond acceptors (Lipinski definition) is 5. The van der Waals surface area contributed by atoms with Crippen LogP contribution in [0.3, 0.4) is 0 Å². The average molecular weight is 289 g/mol. The summed E-state index contributed by atoms with van der Waals surface area (Å²) in [7, 11) is 0. The zero-order valence-electron chi connectivity index (χ0n) is 12.7. The second-order valence-corrected chi connectivity index (χ2v) is 4.94. The number of hydrogen-bond donors (Lipinski definition) is 1. The van der Waals surface area contributed by atoms with Crippen LogP contribution in [-0.4, -0.2) is 26.8 Å². The van der Waals surface area contributed by atoms with Crippen LogP contribution in [0.4, 0.5) is 5.69 Å². The average Bonchev–Trinajstić information content (AvgIpc) is 2.94. The van der Waals surface area contributed by atoms with E-state index in [0.29, 0.717) is 23.9 Å². The molecule has 0 bridgehead atoms. The monoisotopic (exact) mass is 289 g/mol. The quantitative estimate of drug-likeness (QED) is 0.597. The van der Waals surface area contributed by atoms with E-state index in [1.54, 1.807) is 0 Å². The van der Waals surface area contributed by atoms with Gasteiger partial charge in [-0.25, -0.2) is 4.68 Å². The summed E-state index contributed by atoms with van der Waals surface area (Å²) in [5, 5.41) is 12.0. The van der Waals surface area contributed by atoms with Crippen molar-refractivity contribution in [2.45, 2.75) is 46.1 Å². The fourth-order valence-corrected chi connectivity index (χ4v) is 2.27. The van der Waals surface area contributed by atoms with Gasteiger partial charge in [-0.2, -0.15) is 0 Å². The lowest BCUT2D eigenvalue weighted by molar-refractivity contribution is 0.343. The number of aryl methyl sites for hydroxylation is 1. The lowest BCUT2D eigenvalue weighted by Crippen LogP contribution is -2.05. The first-order valence-corrected chi connectivity index (χ1v) is 7.55. The summed E-state index contributed by atoms with van der Waals surface area (Å²) in [6.45, 7) is 5.50. The number of tetrazole rings is 1. The Kier molecular flexibility index (Phi) is 5.54. The molecule has 0 fully saturated rings. The van der Waals surface area contributed by atoms with Crippen molar-refractivity contribution in [3.63, 3.8) is 0 Å². The van der Waals surface area contributed by atoms with Gasteiger partial charge in [0, 0.05) is 6.54 Å². The van der Waals surface area contributed by atoms with Crippen molar-refractivity contribution in [1.82, 2.24) is 20.2 Å². The van der Waals surface area contributed by atoms with Crippen molar-refractivity contribution in [3.05, 3.63) is 18.2 Å². The predicted molar refractivity (Wildman–Crippen MR) is 83.0 cm³/mol. The van der Waals surface area contributed by atoms with E-state index in [9.17, 15) is 0 Å². The number of para-hydroxylation sites is 1. The van der Waals surface area contributed by atoms with Gasteiger partial charge in [-0.05, 0) is 35.9 Å². The van der Waals surface area contributed by atoms with Gasteiger partial charge in [0.05, 0.1) is 17.9 Å². The Morgan fingerprint density at radius 3 is 2.81 bits per heavy atom. The molecule has 0 amide bonds.